The van der Waals surface area contributed by atoms with E-state index in [1.165, 1.54) is 16.3 Å². The molecule has 74 valence electrons. The lowest BCUT2D eigenvalue weighted by Gasteiger charge is -1.99. The van der Waals surface area contributed by atoms with Crippen molar-refractivity contribution in [3.8, 4) is 0 Å². The molecule has 3 rings (SSSR count). The van der Waals surface area contributed by atoms with Crippen LogP contribution in [-0.2, 0) is 0 Å². The zero-order valence-corrected chi connectivity index (χ0v) is 9.57. The molecule has 0 aliphatic carbocycles. The van der Waals surface area contributed by atoms with E-state index in [-0.39, 0.29) is 0 Å². The molecular weight excluding hydrogens is 203 g/mol. The number of aromatic nitrogens is 2. The highest BCUT2D eigenvalue weighted by molar-refractivity contribution is 7.26. The third-order valence-corrected chi connectivity index (χ3v) is 2.92. The second-order valence-corrected chi connectivity index (χ2v) is 4.36. The minimum atomic E-state index is 0.887. The first-order valence-electron chi connectivity index (χ1n) is 4.88. The van der Waals surface area contributed by atoms with Crippen molar-refractivity contribution in [2.45, 2.75) is 6.92 Å². The van der Waals surface area contributed by atoms with Crippen LogP contribution in [0.15, 0.2) is 30.3 Å². The maximum absolute atomic E-state index is 4.48. The van der Waals surface area contributed by atoms with Gasteiger partial charge in [0.05, 0.1) is 11.0 Å². The molecule has 1 aromatic heterocycles. The number of imidazole rings is 1. The van der Waals surface area contributed by atoms with E-state index in [0.29, 0.717) is 0 Å². The molecule has 2 aromatic carbocycles. The summed E-state index contributed by atoms with van der Waals surface area (Å²) in [4.78, 5) is 7.70. The predicted molar refractivity (Wildman–Crippen MR) is 67.7 cm³/mol. The van der Waals surface area contributed by atoms with E-state index in [2.05, 4.69) is 56.5 Å². The number of nitrogens with one attached hydrogen (secondary N) is 1. The van der Waals surface area contributed by atoms with Gasteiger partial charge in [-0.25, -0.2) is 4.98 Å². The third-order valence-electron chi connectivity index (χ3n) is 2.64. The Morgan fingerprint density at radius 3 is 2.93 bits per heavy atom. The van der Waals surface area contributed by atoms with Gasteiger partial charge in [0.15, 0.2) is 0 Å². The molecule has 1 unspecified atom stereocenters. The highest BCUT2D eigenvalue weighted by atomic mass is 31.0. The molecular formula is C12H11N2P. The van der Waals surface area contributed by atoms with Gasteiger partial charge in [0.1, 0.15) is 5.57 Å². The molecule has 1 atom stereocenters. The van der Waals surface area contributed by atoms with Gasteiger partial charge < -0.3 is 4.98 Å². The summed E-state index contributed by atoms with van der Waals surface area (Å²) in [5.74, 6) is 0. The molecule has 0 saturated carbocycles. The van der Waals surface area contributed by atoms with E-state index in [9.17, 15) is 0 Å². The lowest BCUT2D eigenvalue weighted by Crippen LogP contribution is -1.91. The van der Waals surface area contributed by atoms with Crippen molar-refractivity contribution in [3.63, 3.8) is 0 Å². The van der Waals surface area contributed by atoms with E-state index in [1.807, 2.05) is 0 Å². The van der Waals surface area contributed by atoms with Crippen LogP contribution in [0.5, 0.6) is 0 Å². The van der Waals surface area contributed by atoms with Gasteiger partial charge >= 0.3 is 0 Å². The van der Waals surface area contributed by atoms with Crippen molar-refractivity contribution in [1.82, 2.24) is 9.97 Å². The number of H-pyrrole nitrogens is 1. The summed E-state index contributed by atoms with van der Waals surface area (Å²) in [6.07, 6.45) is 0. The van der Waals surface area contributed by atoms with Crippen molar-refractivity contribution < 1.29 is 0 Å². The van der Waals surface area contributed by atoms with Gasteiger partial charge in [-0.2, -0.15) is 0 Å². The van der Waals surface area contributed by atoms with Crippen molar-refractivity contribution in [3.05, 3.63) is 35.9 Å². The first-order chi connectivity index (χ1) is 7.24. The molecule has 3 aromatic rings. The highest BCUT2D eigenvalue weighted by Crippen LogP contribution is 2.23. The normalized spacial score (nSPS) is 11.3. The van der Waals surface area contributed by atoms with E-state index >= 15 is 0 Å². The molecule has 0 bridgehead atoms. The second-order valence-electron chi connectivity index (χ2n) is 3.81. The van der Waals surface area contributed by atoms with Gasteiger partial charge in [0, 0.05) is 5.39 Å². The molecule has 0 radical (unpaired) electrons. The van der Waals surface area contributed by atoms with Crippen LogP contribution in [0.1, 0.15) is 5.56 Å². The molecule has 0 spiro atoms. The van der Waals surface area contributed by atoms with Crippen molar-refractivity contribution in [2.24, 2.45) is 0 Å². The number of benzene rings is 2. The minimum absolute atomic E-state index is 0.887. The zero-order valence-electron chi connectivity index (χ0n) is 8.41. The van der Waals surface area contributed by atoms with E-state index in [0.717, 1.165) is 16.6 Å². The Balaban J connectivity index is 2.53. The van der Waals surface area contributed by atoms with Crippen molar-refractivity contribution in [1.29, 1.82) is 0 Å². The average Bonchev–Trinajstić information content (AvgIpc) is 2.58. The van der Waals surface area contributed by atoms with E-state index in [1.54, 1.807) is 0 Å². The summed E-state index contributed by atoms with van der Waals surface area (Å²) in [5, 5.41) is 2.46. The summed E-state index contributed by atoms with van der Waals surface area (Å²) >= 11 is 0. The Labute approximate surface area is 89.9 Å². The van der Waals surface area contributed by atoms with Crippen molar-refractivity contribution >= 4 is 36.6 Å². The Hall–Kier alpha value is -1.40. The molecule has 0 fully saturated rings. The number of nitrogens with zero attached hydrogens (tertiary/aromatic N) is 1. The Morgan fingerprint density at radius 2 is 2.07 bits per heavy atom. The Kier molecular flexibility index (Phi) is 1.80. The van der Waals surface area contributed by atoms with Gasteiger partial charge in [-0.3, -0.25) is 0 Å². The van der Waals surface area contributed by atoms with Crippen LogP contribution in [-0.4, -0.2) is 9.97 Å². The molecule has 1 heterocycles. The number of rotatable bonds is 0. The van der Waals surface area contributed by atoms with Gasteiger partial charge in [0.25, 0.3) is 0 Å². The molecule has 3 heteroatoms. The minimum Gasteiger partial charge on any atom is -0.339 e. The fourth-order valence-electron chi connectivity index (χ4n) is 1.94. The topological polar surface area (TPSA) is 28.7 Å². The molecule has 15 heavy (non-hydrogen) atoms. The van der Waals surface area contributed by atoms with Gasteiger partial charge in [-0.1, -0.05) is 39.1 Å². The summed E-state index contributed by atoms with van der Waals surface area (Å²) in [5.41, 5.74) is 4.32. The summed E-state index contributed by atoms with van der Waals surface area (Å²) < 4.78 is 0. The zero-order chi connectivity index (χ0) is 10.4. The Bertz CT molecular complexity index is 655. The molecule has 0 amide bonds. The first-order valence-corrected chi connectivity index (χ1v) is 5.46. The smallest absolute Gasteiger partial charge is 0.123 e. The predicted octanol–water partition coefficient (Wildman–Crippen LogP) is 2.52. The fourth-order valence-corrected chi connectivity index (χ4v) is 2.23. The number of hydrogen-bond acceptors (Lipinski definition) is 1. The first kappa shape index (κ1) is 8.87. The van der Waals surface area contributed by atoms with E-state index < -0.39 is 0 Å². The standard InChI is InChI=1S/C12H11N2P/c1-7-2-4-9-8(6-7)3-5-10-11(9)14-12(15)13-10/h2-6H,15H2,1H3,(H,13,14). The summed E-state index contributed by atoms with van der Waals surface area (Å²) in [6, 6.07) is 10.7. The van der Waals surface area contributed by atoms with Crippen molar-refractivity contribution in [2.75, 3.05) is 0 Å². The molecule has 1 N–H and O–H groups in total. The van der Waals surface area contributed by atoms with Crippen LogP contribution in [0.25, 0.3) is 21.8 Å². The number of aromatic amines is 1. The molecule has 0 aliphatic rings. The van der Waals surface area contributed by atoms with Crippen LogP contribution in [0, 0.1) is 6.92 Å². The van der Waals surface area contributed by atoms with Crippen LogP contribution in [0.3, 0.4) is 0 Å². The highest BCUT2D eigenvalue weighted by Gasteiger charge is 2.04. The van der Waals surface area contributed by atoms with Crippen LogP contribution in [0.4, 0.5) is 0 Å². The third kappa shape index (κ3) is 1.33. The monoisotopic (exact) mass is 214 g/mol. The van der Waals surface area contributed by atoms with Gasteiger partial charge in [0.2, 0.25) is 0 Å². The lowest BCUT2D eigenvalue weighted by atomic mass is 10.1. The molecule has 2 nitrogen and oxygen atoms in total. The SMILES string of the molecule is Cc1ccc2c(ccc3[nH]c(P)nc32)c1. The number of hydrogen-bond donors (Lipinski definition) is 1. The number of fused-ring (bicyclic) bond motifs is 3. The van der Waals surface area contributed by atoms with Crippen LogP contribution in [0.2, 0.25) is 0 Å². The van der Waals surface area contributed by atoms with E-state index in [4.69, 9.17) is 0 Å². The molecule has 0 aliphatic heterocycles. The summed E-state index contributed by atoms with van der Waals surface area (Å²) in [7, 11) is 2.60. The quantitative estimate of drug-likeness (QED) is 0.572. The number of aryl methyl sites for hydroxylation is 1. The lowest BCUT2D eigenvalue weighted by molar-refractivity contribution is 1.45. The fraction of sp³-hybridized carbons (Fsp3) is 0.0833. The van der Waals surface area contributed by atoms with Crippen LogP contribution >= 0.6 is 9.24 Å². The maximum atomic E-state index is 4.48. The largest absolute Gasteiger partial charge is 0.339 e. The molecule has 0 saturated heterocycles. The van der Waals surface area contributed by atoms with Gasteiger partial charge in [-0.15, -0.1) is 0 Å². The Morgan fingerprint density at radius 1 is 1.20 bits per heavy atom. The van der Waals surface area contributed by atoms with Crippen LogP contribution < -0.4 is 5.57 Å². The second kappa shape index (κ2) is 3.04. The van der Waals surface area contributed by atoms with Gasteiger partial charge in [-0.05, 0) is 18.4 Å². The summed E-state index contributed by atoms with van der Waals surface area (Å²) in [6.45, 7) is 2.11. The average molecular weight is 214 g/mol. The maximum Gasteiger partial charge on any atom is 0.123 e.